The predicted octanol–water partition coefficient (Wildman–Crippen LogP) is 0.687. The molecule has 0 unspecified atom stereocenters. The number of carboxylic acid groups (broad SMARTS) is 1. The van der Waals surface area contributed by atoms with Crippen LogP contribution in [0.3, 0.4) is 0 Å². The highest BCUT2D eigenvalue weighted by atomic mass is 16.6. The molecular weight excluding hydrogens is 238 g/mol. The number of aliphatic hydroxyl groups excluding tert-OH is 1. The molecule has 1 aliphatic heterocycles. The Kier molecular flexibility index (Phi) is 3.01. The van der Waals surface area contributed by atoms with Crippen LogP contribution in [0.25, 0.3) is 0 Å². The first-order valence-electron chi connectivity index (χ1n) is 6.11. The number of nitrogens with zero attached hydrogens (tertiary/aromatic N) is 1. The van der Waals surface area contributed by atoms with Gasteiger partial charge < -0.3 is 19.8 Å². The van der Waals surface area contributed by atoms with E-state index in [1.165, 1.54) is 4.90 Å². The second kappa shape index (κ2) is 4.12. The Morgan fingerprint density at radius 1 is 1.33 bits per heavy atom. The molecule has 4 atom stereocenters. The van der Waals surface area contributed by atoms with Gasteiger partial charge in [0.25, 0.3) is 0 Å². The quantitative estimate of drug-likeness (QED) is 0.721. The molecule has 1 heterocycles. The van der Waals surface area contributed by atoms with Crippen LogP contribution in [-0.4, -0.2) is 51.5 Å². The molecule has 0 aromatic carbocycles. The maximum atomic E-state index is 12.0. The lowest BCUT2D eigenvalue weighted by molar-refractivity contribution is -0.143. The largest absolute Gasteiger partial charge is 0.481 e. The number of hydrogen-bond acceptors (Lipinski definition) is 4. The van der Waals surface area contributed by atoms with Gasteiger partial charge in [-0.1, -0.05) is 0 Å². The zero-order valence-corrected chi connectivity index (χ0v) is 10.8. The topological polar surface area (TPSA) is 87.1 Å². The summed E-state index contributed by atoms with van der Waals surface area (Å²) >= 11 is 0. The number of rotatable bonds is 1. The van der Waals surface area contributed by atoms with E-state index in [1.807, 2.05) is 0 Å². The van der Waals surface area contributed by atoms with Crippen LogP contribution in [0.1, 0.15) is 27.2 Å². The van der Waals surface area contributed by atoms with E-state index in [4.69, 9.17) is 9.84 Å². The maximum Gasteiger partial charge on any atom is 0.410 e. The van der Waals surface area contributed by atoms with Crippen LogP contribution < -0.4 is 0 Å². The fourth-order valence-corrected chi connectivity index (χ4v) is 2.94. The number of ether oxygens (including phenoxy) is 1. The number of carbonyl (C=O) groups excluding carboxylic acids is 1. The molecule has 6 nitrogen and oxygen atoms in total. The summed E-state index contributed by atoms with van der Waals surface area (Å²) in [5.74, 6) is -1.80. The lowest BCUT2D eigenvalue weighted by atomic mass is 9.99. The van der Waals surface area contributed by atoms with Gasteiger partial charge in [0.05, 0.1) is 18.1 Å². The average Bonchev–Trinajstić information content (AvgIpc) is 2.67. The number of piperidine rings is 1. The lowest BCUT2D eigenvalue weighted by Crippen LogP contribution is -2.48. The first-order chi connectivity index (χ1) is 8.20. The van der Waals surface area contributed by atoms with Gasteiger partial charge in [-0.15, -0.1) is 0 Å². The molecule has 1 saturated carbocycles. The molecule has 1 amide bonds. The van der Waals surface area contributed by atoms with Crippen LogP contribution >= 0.6 is 0 Å². The molecule has 2 rings (SSSR count). The molecule has 102 valence electrons. The highest BCUT2D eigenvalue weighted by molar-refractivity contribution is 5.76. The third kappa shape index (κ3) is 2.16. The molecule has 1 saturated heterocycles. The van der Waals surface area contributed by atoms with Crippen molar-refractivity contribution in [1.29, 1.82) is 0 Å². The minimum absolute atomic E-state index is 0.171. The van der Waals surface area contributed by atoms with Crippen LogP contribution in [0.5, 0.6) is 0 Å². The number of hydrogen-bond donors (Lipinski definition) is 2. The van der Waals surface area contributed by atoms with Crippen molar-refractivity contribution in [2.24, 2.45) is 11.8 Å². The summed E-state index contributed by atoms with van der Waals surface area (Å²) in [5, 5.41) is 19.0. The highest BCUT2D eigenvalue weighted by Gasteiger charge is 2.57. The van der Waals surface area contributed by atoms with E-state index in [2.05, 4.69) is 0 Å². The van der Waals surface area contributed by atoms with Crippen molar-refractivity contribution in [2.45, 2.75) is 44.9 Å². The molecule has 2 N–H and O–H groups in total. The first-order valence-corrected chi connectivity index (χ1v) is 6.11. The summed E-state index contributed by atoms with van der Waals surface area (Å²) in [6, 6.07) is -0.651. The third-order valence-electron chi connectivity index (χ3n) is 3.52. The fourth-order valence-electron chi connectivity index (χ4n) is 2.94. The molecule has 2 bridgehead atoms. The summed E-state index contributed by atoms with van der Waals surface area (Å²) in [7, 11) is 0. The van der Waals surface area contributed by atoms with E-state index in [9.17, 15) is 14.7 Å². The number of aliphatic hydroxyl groups is 1. The number of fused-ring (bicyclic) bond motifs is 2. The van der Waals surface area contributed by atoms with E-state index < -0.39 is 35.7 Å². The van der Waals surface area contributed by atoms with Gasteiger partial charge in [0.2, 0.25) is 0 Å². The second-order valence-electron chi connectivity index (χ2n) is 6.05. The minimum atomic E-state index is -0.951. The Hall–Kier alpha value is -1.30. The van der Waals surface area contributed by atoms with Gasteiger partial charge in [0.15, 0.2) is 0 Å². The molecule has 0 aromatic rings. The molecule has 0 aromatic heterocycles. The molecule has 0 radical (unpaired) electrons. The highest BCUT2D eigenvalue weighted by Crippen LogP contribution is 2.43. The molecule has 2 aliphatic rings. The standard InChI is InChI=1S/C12H19NO5/c1-12(2,3)18-11(17)13-5-6-4-7(14)9(13)8(6)10(15)16/h6-9,14H,4-5H2,1-3H3,(H,15,16)/t6-,7+,8-,9+/m0/s1. The monoisotopic (exact) mass is 257 g/mol. The Balaban J connectivity index is 2.13. The summed E-state index contributed by atoms with van der Waals surface area (Å²) in [6.45, 7) is 5.62. The van der Waals surface area contributed by atoms with Crippen LogP contribution in [-0.2, 0) is 9.53 Å². The average molecular weight is 257 g/mol. The number of carboxylic acids is 1. The molecule has 2 fully saturated rings. The number of aliphatic carboxylic acids is 1. The number of amides is 1. The number of likely N-dealkylation sites (tertiary alicyclic amines) is 1. The van der Waals surface area contributed by atoms with Crippen LogP contribution in [0, 0.1) is 11.8 Å². The van der Waals surface area contributed by atoms with E-state index in [1.54, 1.807) is 20.8 Å². The van der Waals surface area contributed by atoms with Gasteiger partial charge in [0, 0.05) is 6.54 Å². The van der Waals surface area contributed by atoms with Crippen molar-refractivity contribution >= 4 is 12.1 Å². The van der Waals surface area contributed by atoms with Gasteiger partial charge in [-0.3, -0.25) is 4.79 Å². The predicted molar refractivity (Wildman–Crippen MR) is 62.0 cm³/mol. The van der Waals surface area contributed by atoms with E-state index in [0.717, 1.165) is 0 Å². The fraction of sp³-hybridized carbons (Fsp3) is 0.833. The molecule has 1 aliphatic carbocycles. The molecule has 0 spiro atoms. The van der Waals surface area contributed by atoms with Crippen LogP contribution in [0.2, 0.25) is 0 Å². The van der Waals surface area contributed by atoms with E-state index in [-0.39, 0.29) is 5.92 Å². The van der Waals surface area contributed by atoms with Crippen molar-refractivity contribution in [3.05, 3.63) is 0 Å². The smallest absolute Gasteiger partial charge is 0.410 e. The Bertz CT molecular complexity index is 375. The summed E-state index contributed by atoms with van der Waals surface area (Å²) in [4.78, 5) is 24.5. The maximum absolute atomic E-state index is 12.0. The normalized spacial score (nSPS) is 34.8. The second-order valence-corrected chi connectivity index (χ2v) is 6.05. The third-order valence-corrected chi connectivity index (χ3v) is 3.52. The van der Waals surface area contributed by atoms with E-state index in [0.29, 0.717) is 13.0 Å². The Morgan fingerprint density at radius 2 is 1.94 bits per heavy atom. The summed E-state index contributed by atoms with van der Waals surface area (Å²) < 4.78 is 5.23. The number of carbonyl (C=O) groups is 2. The van der Waals surface area contributed by atoms with Gasteiger partial charge in [-0.25, -0.2) is 4.79 Å². The Labute approximate surface area is 106 Å². The van der Waals surface area contributed by atoms with Gasteiger partial charge in [-0.05, 0) is 33.1 Å². The summed E-state index contributed by atoms with van der Waals surface area (Å²) in [6.07, 6.45) is -0.863. The zero-order valence-electron chi connectivity index (χ0n) is 10.8. The molecule has 6 heteroatoms. The molecular formula is C12H19NO5. The minimum Gasteiger partial charge on any atom is -0.481 e. The van der Waals surface area contributed by atoms with Crippen molar-refractivity contribution in [1.82, 2.24) is 4.90 Å². The van der Waals surface area contributed by atoms with Crippen molar-refractivity contribution < 1.29 is 24.5 Å². The van der Waals surface area contributed by atoms with Crippen molar-refractivity contribution in [3.8, 4) is 0 Å². The van der Waals surface area contributed by atoms with Crippen LogP contribution in [0.15, 0.2) is 0 Å². The van der Waals surface area contributed by atoms with Crippen molar-refractivity contribution in [3.63, 3.8) is 0 Å². The van der Waals surface area contributed by atoms with Crippen molar-refractivity contribution in [2.75, 3.05) is 6.54 Å². The van der Waals surface area contributed by atoms with Crippen LogP contribution in [0.4, 0.5) is 4.79 Å². The SMILES string of the molecule is CC(C)(C)OC(=O)N1C[C@@H]2C[C@@H](O)[C@@H]1[C@H]2C(=O)O. The zero-order chi connectivity index (χ0) is 13.7. The molecule has 18 heavy (non-hydrogen) atoms. The summed E-state index contributed by atoms with van der Waals surface area (Å²) in [5.41, 5.74) is -0.622. The van der Waals surface area contributed by atoms with E-state index >= 15 is 0 Å². The Morgan fingerprint density at radius 3 is 2.39 bits per heavy atom. The van der Waals surface area contributed by atoms with Gasteiger partial charge >= 0.3 is 12.1 Å². The van der Waals surface area contributed by atoms with Gasteiger partial charge in [-0.2, -0.15) is 0 Å². The first kappa shape index (κ1) is 13.1. The lowest BCUT2D eigenvalue weighted by Gasteiger charge is -2.32. The van der Waals surface area contributed by atoms with Gasteiger partial charge in [0.1, 0.15) is 5.60 Å².